The first kappa shape index (κ1) is 44.2. The molecule has 0 aromatic heterocycles. The fourth-order valence-corrected chi connectivity index (χ4v) is 0. The number of rotatable bonds is 2. The molecule has 2 unspecified atom stereocenters. The molecule has 0 radical (unpaired) electrons. The van der Waals surface area contributed by atoms with Gasteiger partial charge in [-0.05, 0) is 13.8 Å². The summed E-state index contributed by atoms with van der Waals surface area (Å²) >= 11 is 0. The Hall–Kier alpha value is -0.806. The molecule has 0 saturated carbocycles. The summed E-state index contributed by atoms with van der Waals surface area (Å²) in [6, 6.07) is 0. The fourth-order valence-electron chi connectivity index (χ4n) is 0. The van der Waals surface area contributed by atoms with Crippen molar-refractivity contribution in [1.82, 2.24) is 0 Å². The van der Waals surface area contributed by atoms with Crippen LogP contribution in [0.2, 0.25) is 0 Å². The molecule has 0 aromatic carbocycles. The number of carboxylic acids is 2. The van der Waals surface area contributed by atoms with Gasteiger partial charge in [-0.15, -0.1) is 0 Å². The van der Waals surface area contributed by atoms with E-state index >= 15 is 0 Å². The molecule has 0 amide bonds. The van der Waals surface area contributed by atoms with Gasteiger partial charge in [-0.2, -0.15) is 0 Å². The van der Waals surface area contributed by atoms with Gasteiger partial charge in [0, 0.05) is 16.5 Å². The van der Waals surface area contributed by atoms with E-state index < -0.39 is 24.1 Å². The van der Waals surface area contributed by atoms with Gasteiger partial charge >= 0.3 is 11.9 Å². The summed E-state index contributed by atoms with van der Waals surface area (Å²) in [6.07, 6.45) is -2.46. The van der Waals surface area contributed by atoms with E-state index in [4.69, 9.17) is 20.4 Å². The van der Waals surface area contributed by atoms with Crippen molar-refractivity contribution in [3.8, 4) is 0 Å². The zero-order chi connectivity index (χ0) is 10.3. The van der Waals surface area contributed by atoms with E-state index in [1.807, 2.05) is 0 Å². The SMILES string of the molecule is CC(O)C(=O)O.CC(O)C(=O)O.O.O.O.O.[Ni]. The predicted molar refractivity (Wildman–Crippen MR) is 53.1 cm³/mol. The standard InChI is InChI=1S/2C3H6O3.Ni.4H2O/c2*1-2(4)3(5)6;;;;;/h2*2,4H,1H3,(H,5,6);;4*1H2. The Bertz CT molecular complexity index is 141. The van der Waals surface area contributed by atoms with E-state index in [1.165, 1.54) is 13.8 Å². The molecule has 17 heavy (non-hydrogen) atoms. The van der Waals surface area contributed by atoms with E-state index in [0.29, 0.717) is 0 Å². The Morgan fingerprint density at radius 3 is 0.824 bits per heavy atom. The zero-order valence-electron chi connectivity index (χ0n) is 9.08. The number of carboxylic acid groups (broad SMARTS) is 2. The Morgan fingerprint density at radius 2 is 0.824 bits per heavy atom. The van der Waals surface area contributed by atoms with E-state index in [9.17, 15) is 9.59 Å². The van der Waals surface area contributed by atoms with Crippen LogP contribution in [0, 0.1) is 0 Å². The van der Waals surface area contributed by atoms with Crippen molar-refractivity contribution in [2.75, 3.05) is 0 Å². The van der Waals surface area contributed by atoms with E-state index in [1.54, 1.807) is 0 Å². The first-order valence-electron chi connectivity index (χ1n) is 3.10. The molecule has 0 aromatic rings. The topological polar surface area (TPSA) is 241 Å². The minimum atomic E-state index is -1.23. The van der Waals surface area contributed by atoms with Crippen LogP contribution >= 0.6 is 0 Å². The zero-order valence-corrected chi connectivity index (χ0v) is 10.1. The molecule has 0 aliphatic carbocycles. The maximum absolute atomic E-state index is 9.45. The van der Waals surface area contributed by atoms with Crippen LogP contribution in [0.25, 0.3) is 0 Å². The Labute approximate surface area is 107 Å². The third kappa shape index (κ3) is 51.1. The number of aliphatic carboxylic acids is 2. The van der Waals surface area contributed by atoms with Crippen molar-refractivity contribution in [2.45, 2.75) is 26.1 Å². The van der Waals surface area contributed by atoms with E-state index in [-0.39, 0.29) is 38.4 Å². The largest absolute Gasteiger partial charge is 0.479 e. The molecule has 114 valence electrons. The monoisotopic (exact) mass is 310 g/mol. The number of hydrogen-bond acceptors (Lipinski definition) is 4. The van der Waals surface area contributed by atoms with Gasteiger partial charge in [-0.25, -0.2) is 9.59 Å². The third-order valence-corrected chi connectivity index (χ3v) is 0.715. The molecule has 0 heterocycles. The summed E-state index contributed by atoms with van der Waals surface area (Å²) in [5, 5.41) is 31.5. The molecule has 0 saturated heterocycles. The predicted octanol–water partition coefficient (Wildman–Crippen LogP) is -4.40. The average molecular weight is 311 g/mol. The van der Waals surface area contributed by atoms with Gasteiger partial charge < -0.3 is 42.3 Å². The maximum atomic E-state index is 9.45. The number of aliphatic hydroxyl groups is 2. The van der Waals surface area contributed by atoms with Gasteiger partial charge in [0.25, 0.3) is 0 Å². The summed E-state index contributed by atoms with van der Waals surface area (Å²) in [5.74, 6) is -2.37. The maximum Gasteiger partial charge on any atom is 0.332 e. The normalized spacial score (nSPS) is 9.65. The van der Waals surface area contributed by atoms with Crippen LogP contribution in [0.3, 0.4) is 0 Å². The second-order valence-electron chi connectivity index (χ2n) is 2.03. The molecule has 0 bridgehead atoms. The molecule has 0 aliphatic heterocycles. The molecular weight excluding hydrogens is 291 g/mol. The van der Waals surface area contributed by atoms with Gasteiger partial charge in [-0.3, -0.25) is 0 Å². The van der Waals surface area contributed by atoms with E-state index in [0.717, 1.165) is 0 Å². The van der Waals surface area contributed by atoms with Crippen LogP contribution < -0.4 is 0 Å². The fraction of sp³-hybridized carbons (Fsp3) is 0.667. The van der Waals surface area contributed by atoms with Crippen molar-refractivity contribution >= 4 is 11.9 Å². The van der Waals surface area contributed by atoms with Gasteiger partial charge in [0.1, 0.15) is 12.2 Å². The molecular formula is C6H20NiO10. The molecule has 2 atom stereocenters. The minimum Gasteiger partial charge on any atom is -0.479 e. The molecule has 0 aliphatic rings. The van der Waals surface area contributed by atoms with Gasteiger partial charge in [0.05, 0.1) is 0 Å². The molecule has 0 spiro atoms. The third-order valence-electron chi connectivity index (χ3n) is 0.715. The molecule has 0 rings (SSSR count). The summed E-state index contributed by atoms with van der Waals surface area (Å²) in [4.78, 5) is 18.9. The Morgan fingerprint density at radius 1 is 0.765 bits per heavy atom. The van der Waals surface area contributed by atoms with Crippen molar-refractivity contribution in [2.24, 2.45) is 0 Å². The average Bonchev–Trinajstić information content (AvgIpc) is 1.88. The molecule has 12 N–H and O–H groups in total. The van der Waals surface area contributed by atoms with Gasteiger partial charge in [-0.1, -0.05) is 0 Å². The smallest absolute Gasteiger partial charge is 0.332 e. The second kappa shape index (κ2) is 24.4. The minimum absolute atomic E-state index is 0. The summed E-state index contributed by atoms with van der Waals surface area (Å²) in [6.45, 7) is 2.39. The quantitative estimate of drug-likeness (QED) is 0.366. The summed E-state index contributed by atoms with van der Waals surface area (Å²) in [7, 11) is 0. The van der Waals surface area contributed by atoms with Crippen LogP contribution in [-0.4, -0.2) is 66.5 Å². The van der Waals surface area contributed by atoms with Crippen LogP contribution in [0.1, 0.15) is 13.8 Å². The van der Waals surface area contributed by atoms with Gasteiger partial charge in [0.2, 0.25) is 0 Å². The molecule has 0 fully saturated rings. The van der Waals surface area contributed by atoms with Crippen LogP contribution in [0.15, 0.2) is 0 Å². The summed E-state index contributed by atoms with van der Waals surface area (Å²) < 4.78 is 0. The first-order chi connectivity index (χ1) is 5.29. The number of carbonyl (C=O) groups is 2. The van der Waals surface area contributed by atoms with Crippen molar-refractivity contribution in [3.05, 3.63) is 0 Å². The van der Waals surface area contributed by atoms with Crippen molar-refractivity contribution in [1.29, 1.82) is 0 Å². The molecule has 10 nitrogen and oxygen atoms in total. The van der Waals surface area contributed by atoms with E-state index in [2.05, 4.69) is 0 Å². The van der Waals surface area contributed by atoms with Crippen LogP contribution in [0.4, 0.5) is 0 Å². The number of aliphatic hydroxyl groups excluding tert-OH is 2. The van der Waals surface area contributed by atoms with Crippen molar-refractivity contribution < 1.29 is 68.4 Å². The molecule has 11 heteroatoms. The Kier molecular flexibility index (Phi) is 63.6. The second-order valence-corrected chi connectivity index (χ2v) is 2.03. The van der Waals surface area contributed by atoms with Crippen LogP contribution in [-0.2, 0) is 26.1 Å². The van der Waals surface area contributed by atoms with Gasteiger partial charge in [0.15, 0.2) is 0 Å². The van der Waals surface area contributed by atoms with Crippen molar-refractivity contribution in [3.63, 3.8) is 0 Å². The first-order valence-corrected chi connectivity index (χ1v) is 3.10. The Balaban J connectivity index is -0.0000000182. The number of hydrogen-bond donors (Lipinski definition) is 4. The van der Waals surface area contributed by atoms with Crippen LogP contribution in [0.5, 0.6) is 0 Å². The summed E-state index contributed by atoms with van der Waals surface area (Å²) in [5.41, 5.74) is 0.